The molecule has 1 atom stereocenters. The number of rotatable bonds is 6. The molecule has 0 unspecified atom stereocenters. The van der Waals surface area contributed by atoms with Gasteiger partial charge in [-0.2, -0.15) is 0 Å². The van der Waals surface area contributed by atoms with Crippen molar-refractivity contribution < 1.29 is 24.4 Å². The third kappa shape index (κ3) is 3.58. The summed E-state index contributed by atoms with van der Waals surface area (Å²) in [5.74, 6) is 1.50. The second kappa shape index (κ2) is 6.85. The van der Waals surface area contributed by atoms with Gasteiger partial charge in [0.05, 0.1) is 14.2 Å². The van der Waals surface area contributed by atoms with Crippen LogP contribution in [0.4, 0.5) is 0 Å². The number of phenolic OH excluding ortho intramolecular Hbond substituents is 1. The average Bonchev–Trinajstić information content (AvgIpc) is 2.53. The Morgan fingerprint density at radius 3 is 2.29 bits per heavy atom. The molecule has 0 radical (unpaired) electrons. The lowest BCUT2D eigenvalue weighted by Gasteiger charge is -2.15. The highest BCUT2D eigenvalue weighted by Gasteiger charge is 2.13. The minimum atomic E-state index is -0.843. The van der Waals surface area contributed by atoms with Gasteiger partial charge in [0.1, 0.15) is 12.7 Å². The predicted octanol–water partition coefficient (Wildman–Crippen LogP) is 2.52. The van der Waals surface area contributed by atoms with Crippen LogP contribution in [0.1, 0.15) is 11.7 Å². The van der Waals surface area contributed by atoms with Gasteiger partial charge in [-0.1, -0.05) is 18.2 Å². The summed E-state index contributed by atoms with van der Waals surface area (Å²) >= 11 is 0. The first kappa shape index (κ1) is 15.0. The number of hydrogen-bond donors (Lipinski definition) is 2. The largest absolute Gasteiger partial charge is 0.504 e. The summed E-state index contributed by atoms with van der Waals surface area (Å²) in [6.07, 6.45) is -0.843. The van der Waals surface area contributed by atoms with Gasteiger partial charge < -0.3 is 24.4 Å². The molecule has 0 spiro atoms. The van der Waals surface area contributed by atoms with E-state index >= 15 is 0 Å². The highest BCUT2D eigenvalue weighted by molar-refractivity contribution is 5.43. The van der Waals surface area contributed by atoms with E-state index in [0.29, 0.717) is 22.8 Å². The molecule has 2 aromatic rings. The van der Waals surface area contributed by atoms with Gasteiger partial charge in [-0.15, -0.1) is 0 Å². The molecule has 0 saturated carbocycles. The zero-order valence-corrected chi connectivity index (χ0v) is 11.9. The van der Waals surface area contributed by atoms with Crippen LogP contribution < -0.4 is 14.2 Å². The molecule has 2 aromatic carbocycles. The molecule has 0 aliphatic carbocycles. The van der Waals surface area contributed by atoms with Gasteiger partial charge in [-0.3, -0.25) is 0 Å². The monoisotopic (exact) mass is 290 g/mol. The summed E-state index contributed by atoms with van der Waals surface area (Å²) in [4.78, 5) is 0. The lowest BCUT2D eigenvalue weighted by molar-refractivity contribution is 0.106. The number of benzene rings is 2. The number of aliphatic hydroxyl groups excluding tert-OH is 1. The molecule has 0 heterocycles. The van der Waals surface area contributed by atoms with Crippen LogP contribution in [-0.2, 0) is 0 Å². The first-order valence-corrected chi connectivity index (χ1v) is 6.46. The van der Waals surface area contributed by atoms with E-state index in [1.165, 1.54) is 13.2 Å². The maximum atomic E-state index is 10.2. The van der Waals surface area contributed by atoms with E-state index in [1.807, 2.05) is 12.1 Å². The maximum Gasteiger partial charge on any atom is 0.161 e. The van der Waals surface area contributed by atoms with E-state index in [-0.39, 0.29) is 12.4 Å². The molecule has 0 fully saturated rings. The number of hydrogen-bond acceptors (Lipinski definition) is 5. The van der Waals surface area contributed by atoms with Crippen LogP contribution in [0.3, 0.4) is 0 Å². The summed E-state index contributed by atoms with van der Waals surface area (Å²) in [6.45, 7) is 0.0638. The fourth-order valence-corrected chi connectivity index (χ4v) is 1.90. The van der Waals surface area contributed by atoms with Crippen molar-refractivity contribution >= 4 is 0 Å². The Bertz CT molecular complexity index is 597. The molecule has 112 valence electrons. The topological polar surface area (TPSA) is 68.2 Å². The van der Waals surface area contributed by atoms with Crippen molar-refractivity contribution in [1.29, 1.82) is 0 Å². The van der Waals surface area contributed by atoms with Crippen LogP contribution in [0.15, 0.2) is 42.5 Å². The summed E-state index contributed by atoms with van der Waals surface area (Å²) in [5.41, 5.74) is 0.597. The molecule has 21 heavy (non-hydrogen) atoms. The van der Waals surface area contributed by atoms with Crippen molar-refractivity contribution in [1.82, 2.24) is 0 Å². The molecule has 0 amide bonds. The van der Waals surface area contributed by atoms with E-state index in [9.17, 15) is 10.2 Å². The fraction of sp³-hybridized carbons (Fsp3) is 0.250. The second-order valence-electron chi connectivity index (χ2n) is 4.41. The summed E-state index contributed by atoms with van der Waals surface area (Å²) in [7, 11) is 3.01. The van der Waals surface area contributed by atoms with Gasteiger partial charge in [0.25, 0.3) is 0 Å². The van der Waals surface area contributed by atoms with Crippen LogP contribution >= 0.6 is 0 Å². The van der Waals surface area contributed by atoms with Crippen molar-refractivity contribution in [3.8, 4) is 23.0 Å². The second-order valence-corrected chi connectivity index (χ2v) is 4.41. The van der Waals surface area contributed by atoms with Crippen molar-refractivity contribution in [2.24, 2.45) is 0 Å². The van der Waals surface area contributed by atoms with E-state index in [1.54, 1.807) is 31.4 Å². The Kier molecular flexibility index (Phi) is 4.90. The molecule has 5 nitrogen and oxygen atoms in total. The number of ether oxygens (including phenoxy) is 3. The third-order valence-corrected chi connectivity index (χ3v) is 3.05. The first-order chi connectivity index (χ1) is 10.2. The molecule has 0 aliphatic heterocycles. The van der Waals surface area contributed by atoms with Gasteiger partial charge >= 0.3 is 0 Å². The van der Waals surface area contributed by atoms with Crippen molar-refractivity contribution in [2.45, 2.75) is 6.10 Å². The lowest BCUT2D eigenvalue weighted by atomic mass is 10.1. The Balaban J connectivity index is 2.06. The number of phenols is 1. The Morgan fingerprint density at radius 2 is 1.62 bits per heavy atom. The highest BCUT2D eigenvalue weighted by Crippen LogP contribution is 2.30. The van der Waals surface area contributed by atoms with Gasteiger partial charge in [-0.25, -0.2) is 0 Å². The molecule has 0 aromatic heterocycles. The highest BCUT2D eigenvalue weighted by atomic mass is 16.5. The standard InChI is InChI=1S/C16H18O5/c1-19-14-5-3-4-6-15(14)21-10-13(18)11-7-8-12(17)16(9-11)20-2/h3-9,13,17-18H,10H2,1-2H3/t13-/m0/s1. The van der Waals surface area contributed by atoms with E-state index in [2.05, 4.69) is 0 Å². The Hall–Kier alpha value is -2.40. The predicted molar refractivity (Wildman–Crippen MR) is 78.1 cm³/mol. The first-order valence-electron chi connectivity index (χ1n) is 6.46. The van der Waals surface area contributed by atoms with Crippen LogP contribution in [0.25, 0.3) is 0 Å². The normalized spacial score (nSPS) is 11.8. The fourth-order valence-electron chi connectivity index (χ4n) is 1.90. The van der Waals surface area contributed by atoms with Gasteiger partial charge in [0.15, 0.2) is 23.0 Å². The van der Waals surface area contributed by atoms with E-state index in [4.69, 9.17) is 14.2 Å². The third-order valence-electron chi connectivity index (χ3n) is 3.05. The van der Waals surface area contributed by atoms with Crippen molar-refractivity contribution in [3.63, 3.8) is 0 Å². The van der Waals surface area contributed by atoms with Crippen LogP contribution in [0.2, 0.25) is 0 Å². The zero-order valence-electron chi connectivity index (χ0n) is 11.9. The summed E-state index contributed by atoms with van der Waals surface area (Å²) in [6, 6.07) is 11.9. The Morgan fingerprint density at radius 1 is 0.952 bits per heavy atom. The summed E-state index contributed by atoms with van der Waals surface area (Å²) in [5, 5.41) is 19.7. The number of methoxy groups -OCH3 is 2. The molecule has 2 N–H and O–H groups in total. The van der Waals surface area contributed by atoms with E-state index < -0.39 is 6.10 Å². The van der Waals surface area contributed by atoms with Gasteiger partial charge in [-0.05, 0) is 29.8 Å². The number of aromatic hydroxyl groups is 1. The van der Waals surface area contributed by atoms with Crippen molar-refractivity contribution in [2.75, 3.05) is 20.8 Å². The molecule has 0 saturated heterocycles. The molecule has 5 heteroatoms. The van der Waals surface area contributed by atoms with Crippen molar-refractivity contribution in [3.05, 3.63) is 48.0 Å². The maximum absolute atomic E-state index is 10.2. The van der Waals surface area contributed by atoms with Gasteiger partial charge in [0, 0.05) is 0 Å². The quantitative estimate of drug-likeness (QED) is 0.855. The summed E-state index contributed by atoms with van der Waals surface area (Å²) < 4.78 is 15.8. The van der Waals surface area contributed by atoms with Crippen LogP contribution in [-0.4, -0.2) is 31.0 Å². The minimum Gasteiger partial charge on any atom is -0.504 e. The lowest BCUT2D eigenvalue weighted by Crippen LogP contribution is -2.10. The van der Waals surface area contributed by atoms with Crippen LogP contribution in [0, 0.1) is 0 Å². The SMILES string of the molecule is COc1cc([C@@H](O)COc2ccccc2OC)ccc1O. The molecule has 2 rings (SSSR count). The average molecular weight is 290 g/mol. The molecular weight excluding hydrogens is 272 g/mol. The number of para-hydroxylation sites is 2. The number of aliphatic hydroxyl groups is 1. The molecular formula is C16H18O5. The smallest absolute Gasteiger partial charge is 0.161 e. The Labute approximate surface area is 123 Å². The van der Waals surface area contributed by atoms with Crippen LogP contribution in [0.5, 0.6) is 23.0 Å². The molecule has 0 aliphatic rings. The van der Waals surface area contributed by atoms with Gasteiger partial charge in [0.2, 0.25) is 0 Å². The minimum absolute atomic E-state index is 0.0269. The molecule has 0 bridgehead atoms. The van der Waals surface area contributed by atoms with E-state index in [0.717, 1.165) is 0 Å². The zero-order chi connectivity index (χ0) is 15.2.